The van der Waals surface area contributed by atoms with Crippen LogP contribution in [-0.4, -0.2) is 107 Å². The Morgan fingerprint density at radius 2 is 1.11 bits per heavy atom. The molecule has 246 valence electrons. The van der Waals surface area contributed by atoms with E-state index in [0.717, 1.165) is 51.4 Å². The zero-order valence-electron chi connectivity index (χ0n) is 26.2. The van der Waals surface area contributed by atoms with Gasteiger partial charge in [0.05, 0.1) is 19.6 Å². The third-order valence-corrected chi connectivity index (χ3v) is 7.59. The van der Waals surface area contributed by atoms with Crippen molar-refractivity contribution >= 4 is 75.5 Å². The molecule has 3 N–H and O–H groups in total. The summed E-state index contributed by atoms with van der Waals surface area (Å²) in [4.78, 5) is 24.2. The molecule has 0 saturated heterocycles. The van der Waals surface area contributed by atoms with Crippen LogP contribution < -0.4 is 0 Å². The standard InChI is InChI=1S/C20H38O7S.2C6H6O.Na.Sn.3H/c1-5-9-11-16(7-3)14-26-19(21)13-18(28(23,24)25)20(22)27-15-17(8-4)12-10-6-2;2*7-6-4-2-1-3-5-6;;;;;/h16-18H,5-15H2,1-4H3,(H,23,24,25);2*1-5,7H;;;;;. The average Bonchev–Trinajstić information content (AvgIpc) is 2.97. The topological polar surface area (TPSA) is 147 Å². The minimum atomic E-state index is -4.76. The summed E-state index contributed by atoms with van der Waals surface area (Å²) in [7, 11) is -4.76. The van der Waals surface area contributed by atoms with Gasteiger partial charge in [-0.25, -0.2) is 0 Å². The van der Waals surface area contributed by atoms with Gasteiger partial charge in [-0.1, -0.05) is 103 Å². The average molecular weight is 756 g/mol. The molecule has 2 radical (unpaired) electrons. The van der Waals surface area contributed by atoms with Gasteiger partial charge in [0.1, 0.15) is 11.5 Å². The van der Waals surface area contributed by atoms with Crippen LogP contribution in [-0.2, 0) is 29.2 Å². The van der Waals surface area contributed by atoms with Crippen LogP contribution in [0.25, 0.3) is 0 Å². The summed E-state index contributed by atoms with van der Waals surface area (Å²) in [5.41, 5.74) is 0. The summed E-state index contributed by atoms with van der Waals surface area (Å²) in [6.45, 7) is 8.35. The quantitative estimate of drug-likeness (QED) is 0.117. The van der Waals surface area contributed by atoms with Crippen LogP contribution in [0.3, 0.4) is 0 Å². The second-order valence-corrected chi connectivity index (χ2v) is 11.6. The molecule has 0 aliphatic heterocycles. The van der Waals surface area contributed by atoms with Crippen molar-refractivity contribution in [3.8, 4) is 11.5 Å². The second kappa shape index (κ2) is 29.1. The maximum atomic E-state index is 12.2. The van der Waals surface area contributed by atoms with Gasteiger partial charge >= 0.3 is 65.4 Å². The van der Waals surface area contributed by atoms with Gasteiger partial charge in [-0.3, -0.25) is 14.1 Å². The van der Waals surface area contributed by atoms with Crippen molar-refractivity contribution in [2.24, 2.45) is 11.8 Å². The van der Waals surface area contributed by atoms with Crippen molar-refractivity contribution in [3.63, 3.8) is 0 Å². The minimum absolute atomic E-state index is 0. The number of ether oxygens (including phenoxy) is 2. The van der Waals surface area contributed by atoms with Gasteiger partial charge in [-0.15, -0.1) is 0 Å². The Labute approximate surface area is 303 Å². The molecule has 0 aliphatic carbocycles. The Kier molecular flexibility index (Phi) is 31.2. The Hall–Kier alpha value is -1.31. The predicted molar refractivity (Wildman–Crippen MR) is 180 cm³/mol. The molecular formula is C32H53NaO9SSn. The van der Waals surface area contributed by atoms with Gasteiger partial charge in [0.2, 0.25) is 0 Å². The Bertz CT molecular complexity index is 1040. The van der Waals surface area contributed by atoms with Gasteiger partial charge in [0.15, 0.2) is 5.25 Å². The number of benzene rings is 2. The summed E-state index contributed by atoms with van der Waals surface area (Å²) < 4.78 is 42.8. The molecule has 3 unspecified atom stereocenters. The van der Waals surface area contributed by atoms with E-state index in [2.05, 4.69) is 13.8 Å². The number of esters is 2. The first-order valence-corrected chi connectivity index (χ1v) is 16.2. The molecule has 2 aromatic rings. The van der Waals surface area contributed by atoms with Crippen LogP contribution in [0.5, 0.6) is 11.5 Å². The second-order valence-electron chi connectivity index (χ2n) is 10.0. The van der Waals surface area contributed by atoms with Crippen molar-refractivity contribution in [2.75, 3.05) is 13.2 Å². The predicted octanol–water partition coefficient (Wildman–Crippen LogP) is 5.37. The fourth-order valence-corrected chi connectivity index (χ4v) is 4.33. The Morgan fingerprint density at radius 3 is 1.41 bits per heavy atom. The van der Waals surface area contributed by atoms with E-state index < -0.39 is 33.7 Å². The van der Waals surface area contributed by atoms with Gasteiger partial charge in [-0.2, -0.15) is 8.42 Å². The van der Waals surface area contributed by atoms with E-state index in [0.29, 0.717) is 11.5 Å². The molecule has 9 nitrogen and oxygen atoms in total. The summed E-state index contributed by atoms with van der Waals surface area (Å²) in [6, 6.07) is 17.4. The van der Waals surface area contributed by atoms with Crippen molar-refractivity contribution in [1.82, 2.24) is 0 Å². The number of rotatable bonds is 16. The summed E-state index contributed by atoms with van der Waals surface area (Å²) in [5.74, 6) is -0.962. The van der Waals surface area contributed by atoms with Gasteiger partial charge < -0.3 is 19.7 Å². The molecule has 0 spiro atoms. The van der Waals surface area contributed by atoms with Crippen LogP contribution in [0.2, 0.25) is 0 Å². The number of phenols is 2. The third kappa shape index (κ3) is 24.9. The van der Waals surface area contributed by atoms with E-state index >= 15 is 0 Å². The molecule has 0 heterocycles. The third-order valence-electron chi connectivity index (χ3n) is 6.51. The van der Waals surface area contributed by atoms with Crippen LogP contribution in [0.15, 0.2) is 60.7 Å². The number of phenolic OH excluding ortho intramolecular Hbond substituents is 2. The number of unbranched alkanes of at least 4 members (excludes halogenated alkanes) is 2. The number of carbonyl (C=O) groups is 2. The van der Waals surface area contributed by atoms with Crippen LogP contribution in [0, 0.1) is 11.8 Å². The number of hydrogen-bond donors (Lipinski definition) is 3. The molecule has 2 rings (SSSR count). The fourth-order valence-electron chi connectivity index (χ4n) is 3.68. The monoisotopic (exact) mass is 756 g/mol. The number of carbonyl (C=O) groups excluding carboxylic acids is 2. The van der Waals surface area contributed by atoms with E-state index in [9.17, 15) is 22.6 Å². The molecule has 0 aromatic heterocycles. The van der Waals surface area contributed by atoms with Crippen molar-refractivity contribution in [3.05, 3.63) is 60.7 Å². The molecule has 44 heavy (non-hydrogen) atoms. The molecule has 12 heteroatoms. The normalized spacial score (nSPS) is 12.2. The first-order chi connectivity index (χ1) is 20.0. The first-order valence-electron chi connectivity index (χ1n) is 14.7. The molecule has 0 bridgehead atoms. The summed E-state index contributed by atoms with van der Waals surface area (Å²) in [6.07, 6.45) is 6.74. The van der Waals surface area contributed by atoms with Crippen LogP contribution >= 0.6 is 0 Å². The zero-order valence-corrected chi connectivity index (χ0v) is 31.0. The Morgan fingerprint density at radius 1 is 0.727 bits per heavy atom. The summed E-state index contributed by atoms with van der Waals surface area (Å²) >= 11 is 0. The molecule has 0 amide bonds. The van der Waals surface area contributed by atoms with E-state index in [1.165, 1.54) is 0 Å². The van der Waals surface area contributed by atoms with E-state index in [1.807, 2.05) is 26.0 Å². The van der Waals surface area contributed by atoms with Gasteiger partial charge in [0, 0.05) is 0 Å². The molecule has 3 atom stereocenters. The van der Waals surface area contributed by atoms with E-state index in [1.54, 1.807) is 48.5 Å². The van der Waals surface area contributed by atoms with Crippen molar-refractivity contribution < 1.29 is 42.2 Å². The van der Waals surface area contributed by atoms with Crippen molar-refractivity contribution in [1.29, 1.82) is 0 Å². The maximum absolute atomic E-state index is 12.2. The zero-order chi connectivity index (χ0) is 31.8. The number of hydrogen-bond acceptors (Lipinski definition) is 8. The number of para-hydroxylation sites is 2. The van der Waals surface area contributed by atoms with Crippen LogP contribution in [0.4, 0.5) is 0 Å². The molecule has 0 saturated carbocycles. The van der Waals surface area contributed by atoms with E-state index in [-0.39, 0.29) is 78.5 Å². The van der Waals surface area contributed by atoms with Gasteiger partial charge in [0.25, 0.3) is 10.1 Å². The van der Waals surface area contributed by atoms with Crippen LogP contribution in [0.1, 0.15) is 85.5 Å². The fraction of sp³-hybridized carbons (Fsp3) is 0.562. The van der Waals surface area contributed by atoms with Gasteiger partial charge in [-0.05, 0) is 48.9 Å². The Balaban J connectivity index is -0.000000847. The molecule has 0 fully saturated rings. The van der Waals surface area contributed by atoms with Crippen molar-refractivity contribution in [2.45, 2.75) is 90.7 Å². The molecular weight excluding hydrogens is 702 g/mol. The SMILES string of the molecule is CCCCC(CC)COC(=O)CC(C(=O)OCC(CC)CCCC)S(=O)(=O)O.Oc1ccccc1.Oc1ccccc1.[NaH].[SnH2]. The molecule has 0 aliphatic rings. The van der Waals surface area contributed by atoms with E-state index in [4.69, 9.17) is 19.7 Å². The number of aromatic hydroxyl groups is 2. The summed E-state index contributed by atoms with van der Waals surface area (Å²) in [5, 5.41) is 15.3. The molecule has 2 aromatic carbocycles. The first kappa shape index (κ1) is 47.1.